The summed E-state index contributed by atoms with van der Waals surface area (Å²) < 4.78 is 0. The van der Waals surface area contributed by atoms with Gasteiger partial charge in [0.25, 0.3) is 0 Å². The highest BCUT2D eigenvalue weighted by molar-refractivity contribution is 5.88. The third-order valence-electron chi connectivity index (χ3n) is 3.25. The van der Waals surface area contributed by atoms with Gasteiger partial charge in [-0.15, -0.1) is 0 Å². The first-order valence-electron chi connectivity index (χ1n) is 7.64. The molecule has 0 radical (unpaired) electrons. The summed E-state index contributed by atoms with van der Waals surface area (Å²) in [5.74, 6) is 0.498. The molecule has 0 aliphatic rings. The van der Waals surface area contributed by atoms with Crippen LogP contribution >= 0.6 is 0 Å². The summed E-state index contributed by atoms with van der Waals surface area (Å²) in [5.41, 5.74) is 2.95. The van der Waals surface area contributed by atoms with Crippen molar-refractivity contribution >= 4 is 17.4 Å². The Morgan fingerprint density at radius 2 is 1.96 bits per heavy atom. The van der Waals surface area contributed by atoms with Crippen LogP contribution in [0.2, 0.25) is 0 Å². The maximum Gasteiger partial charge on any atom is 0.320 e. The number of nitrogens with zero attached hydrogens (tertiary/aromatic N) is 2. The number of nitrogens with one attached hydrogen (secondary N) is 2. The van der Waals surface area contributed by atoms with E-state index in [-0.39, 0.29) is 6.03 Å². The minimum atomic E-state index is -0.285. The molecule has 1 aromatic carbocycles. The van der Waals surface area contributed by atoms with Crippen LogP contribution in [-0.4, -0.2) is 30.0 Å². The maximum absolute atomic E-state index is 11.9. The lowest BCUT2D eigenvalue weighted by atomic mass is 10.1. The molecule has 5 heteroatoms. The summed E-state index contributed by atoms with van der Waals surface area (Å²) in [5, 5.41) is 5.52. The molecule has 0 atom stereocenters. The molecule has 2 rings (SSSR count). The second-order valence-corrected chi connectivity index (χ2v) is 5.48. The molecule has 0 unspecified atom stereocenters. The number of carbonyl (C=O) groups is 1. The normalized spacial score (nSPS) is 10.8. The Hall–Kier alpha value is -3.08. The van der Waals surface area contributed by atoms with Crippen LogP contribution in [0.4, 0.5) is 10.6 Å². The number of anilines is 1. The van der Waals surface area contributed by atoms with Gasteiger partial charge in [-0.05, 0) is 23.3 Å². The van der Waals surface area contributed by atoms with Crippen LogP contribution < -0.4 is 10.6 Å². The van der Waals surface area contributed by atoms with Crippen molar-refractivity contribution in [3.63, 3.8) is 0 Å². The maximum atomic E-state index is 11.9. The molecule has 0 bridgehead atoms. The number of aromatic nitrogens is 1. The molecule has 2 N–H and O–H groups in total. The number of hydrogen-bond acceptors (Lipinski definition) is 3. The molecule has 0 saturated heterocycles. The number of hydrogen-bond donors (Lipinski definition) is 2. The van der Waals surface area contributed by atoms with E-state index in [0.29, 0.717) is 12.4 Å². The van der Waals surface area contributed by atoms with Crippen molar-refractivity contribution in [2.75, 3.05) is 19.4 Å². The van der Waals surface area contributed by atoms with Gasteiger partial charge in [0, 0.05) is 38.6 Å². The van der Waals surface area contributed by atoms with Crippen LogP contribution in [0.25, 0.3) is 5.57 Å². The molecule has 0 spiro atoms. The van der Waals surface area contributed by atoms with E-state index in [4.69, 9.17) is 0 Å². The van der Waals surface area contributed by atoms with E-state index in [1.54, 1.807) is 18.3 Å². The second kappa shape index (κ2) is 8.53. The van der Waals surface area contributed by atoms with Crippen molar-refractivity contribution in [2.45, 2.75) is 6.54 Å². The SMILES string of the molecule is C=C/C(=C\N(C)C)c1ccc(NC(=O)NCc2ccccc2)nc1. The number of allylic oxidation sites excluding steroid dienone is 2. The highest BCUT2D eigenvalue weighted by Crippen LogP contribution is 2.16. The smallest absolute Gasteiger partial charge is 0.320 e. The highest BCUT2D eigenvalue weighted by atomic mass is 16.2. The van der Waals surface area contributed by atoms with Crippen molar-refractivity contribution in [2.24, 2.45) is 0 Å². The minimum absolute atomic E-state index is 0.285. The minimum Gasteiger partial charge on any atom is -0.383 e. The molecule has 5 nitrogen and oxygen atoms in total. The van der Waals surface area contributed by atoms with Gasteiger partial charge in [0.05, 0.1) is 0 Å². The van der Waals surface area contributed by atoms with Crippen LogP contribution in [0.1, 0.15) is 11.1 Å². The molecule has 0 fully saturated rings. The Morgan fingerprint density at radius 3 is 2.54 bits per heavy atom. The Morgan fingerprint density at radius 1 is 1.21 bits per heavy atom. The lowest BCUT2D eigenvalue weighted by molar-refractivity contribution is 0.251. The summed E-state index contributed by atoms with van der Waals surface area (Å²) >= 11 is 0. The third kappa shape index (κ3) is 5.28. The van der Waals surface area contributed by atoms with Gasteiger partial charge >= 0.3 is 6.03 Å². The van der Waals surface area contributed by atoms with Crippen molar-refractivity contribution in [1.29, 1.82) is 0 Å². The van der Waals surface area contributed by atoms with E-state index in [1.165, 1.54) is 0 Å². The van der Waals surface area contributed by atoms with Gasteiger partial charge in [-0.3, -0.25) is 5.32 Å². The Bertz CT molecular complexity index is 706. The molecule has 24 heavy (non-hydrogen) atoms. The monoisotopic (exact) mass is 322 g/mol. The highest BCUT2D eigenvalue weighted by Gasteiger charge is 2.04. The van der Waals surface area contributed by atoms with E-state index >= 15 is 0 Å². The fourth-order valence-electron chi connectivity index (χ4n) is 2.10. The molecule has 1 heterocycles. The molecule has 0 aliphatic carbocycles. The first-order valence-corrected chi connectivity index (χ1v) is 7.64. The van der Waals surface area contributed by atoms with Crippen LogP contribution in [0, 0.1) is 0 Å². The van der Waals surface area contributed by atoms with Crippen molar-refractivity contribution < 1.29 is 4.79 Å². The third-order valence-corrected chi connectivity index (χ3v) is 3.25. The molecule has 2 amide bonds. The van der Waals surface area contributed by atoms with Crippen LogP contribution in [0.3, 0.4) is 0 Å². The number of rotatable bonds is 6. The van der Waals surface area contributed by atoms with Gasteiger partial charge in [0.15, 0.2) is 0 Å². The summed E-state index contributed by atoms with van der Waals surface area (Å²) in [6.45, 7) is 4.28. The summed E-state index contributed by atoms with van der Waals surface area (Å²) in [4.78, 5) is 18.1. The van der Waals surface area contributed by atoms with Crippen molar-refractivity contribution in [1.82, 2.24) is 15.2 Å². The molecule has 124 valence electrons. The Kier molecular flexibility index (Phi) is 6.14. The quantitative estimate of drug-likeness (QED) is 0.800. The Balaban J connectivity index is 1.93. The van der Waals surface area contributed by atoms with Crippen molar-refractivity contribution in [3.05, 3.63) is 78.6 Å². The summed E-state index contributed by atoms with van der Waals surface area (Å²) in [6.07, 6.45) is 5.45. The van der Waals surface area contributed by atoms with Gasteiger partial charge in [0.2, 0.25) is 0 Å². The van der Waals surface area contributed by atoms with Crippen LogP contribution in [0.5, 0.6) is 0 Å². The van der Waals surface area contributed by atoms with Crippen LogP contribution in [0.15, 0.2) is 67.5 Å². The molecule has 2 aromatic rings. The zero-order valence-corrected chi connectivity index (χ0v) is 14.0. The largest absolute Gasteiger partial charge is 0.383 e. The van der Waals surface area contributed by atoms with E-state index < -0.39 is 0 Å². The van der Waals surface area contributed by atoms with E-state index in [9.17, 15) is 4.79 Å². The van der Waals surface area contributed by atoms with Gasteiger partial charge in [-0.1, -0.05) is 43.0 Å². The van der Waals surface area contributed by atoms with Gasteiger partial charge in [0.1, 0.15) is 5.82 Å². The zero-order valence-electron chi connectivity index (χ0n) is 14.0. The molecule has 0 saturated carbocycles. The average Bonchev–Trinajstić information content (AvgIpc) is 2.59. The van der Waals surface area contributed by atoms with E-state index in [1.807, 2.05) is 61.6 Å². The average molecular weight is 322 g/mol. The number of pyridine rings is 1. The molecule has 1 aromatic heterocycles. The second-order valence-electron chi connectivity index (χ2n) is 5.48. The number of amides is 2. The summed E-state index contributed by atoms with van der Waals surface area (Å²) in [6, 6.07) is 13.1. The first kappa shape index (κ1) is 17.3. The fourth-order valence-corrected chi connectivity index (χ4v) is 2.10. The van der Waals surface area contributed by atoms with Crippen molar-refractivity contribution in [3.8, 4) is 0 Å². The van der Waals surface area contributed by atoms with Gasteiger partial charge < -0.3 is 10.2 Å². The lowest BCUT2D eigenvalue weighted by Crippen LogP contribution is -2.28. The van der Waals surface area contributed by atoms with E-state index in [0.717, 1.165) is 16.7 Å². The lowest BCUT2D eigenvalue weighted by Gasteiger charge is -2.10. The molecular weight excluding hydrogens is 300 g/mol. The Labute approximate surface area is 142 Å². The zero-order chi connectivity index (χ0) is 17.4. The van der Waals surface area contributed by atoms with Gasteiger partial charge in [-0.25, -0.2) is 9.78 Å². The van der Waals surface area contributed by atoms with Gasteiger partial charge in [-0.2, -0.15) is 0 Å². The summed E-state index contributed by atoms with van der Waals surface area (Å²) in [7, 11) is 3.90. The number of benzene rings is 1. The van der Waals surface area contributed by atoms with Crippen LogP contribution in [-0.2, 0) is 6.54 Å². The number of carbonyl (C=O) groups excluding carboxylic acids is 1. The fraction of sp³-hybridized carbons (Fsp3) is 0.158. The topological polar surface area (TPSA) is 57.3 Å². The van der Waals surface area contributed by atoms with E-state index in [2.05, 4.69) is 22.2 Å². The number of urea groups is 1. The predicted octanol–water partition coefficient (Wildman–Crippen LogP) is 3.49. The first-order chi connectivity index (χ1) is 11.6. The standard InChI is InChI=1S/C19H22N4O/c1-4-16(14-23(2)3)17-10-11-18(20-13-17)22-19(24)21-12-15-8-6-5-7-9-15/h4-11,13-14H,1,12H2,2-3H3,(H2,20,21,22,24)/b16-14+. The molecular formula is C19H22N4O. The predicted molar refractivity (Wildman–Crippen MR) is 98.4 cm³/mol. The molecule has 0 aliphatic heterocycles.